The number of aromatic nitrogens is 4. The first-order chi connectivity index (χ1) is 19.8. The molecule has 0 aliphatic rings. The zero-order valence-electron chi connectivity index (χ0n) is 21.4. The first-order valence-electron chi connectivity index (χ1n) is 13.2. The number of hydrogen-bond acceptors (Lipinski definition) is 4. The van der Waals surface area contributed by atoms with Gasteiger partial charge < -0.3 is 4.57 Å². The third-order valence-corrected chi connectivity index (χ3v) is 8.51. The molecule has 0 saturated carbocycles. The zero-order chi connectivity index (χ0) is 26.5. The van der Waals surface area contributed by atoms with Gasteiger partial charge in [-0.25, -0.2) is 15.0 Å². The second-order valence-electron chi connectivity index (χ2n) is 9.75. The Balaban J connectivity index is 1.27. The summed E-state index contributed by atoms with van der Waals surface area (Å²) < 4.78 is 4.89. The molecule has 0 spiro atoms. The van der Waals surface area contributed by atoms with E-state index in [1.54, 1.807) is 0 Å². The lowest BCUT2D eigenvalue weighted by Crippen LogP contribution is -2.00. The molecular weight excluding hydrogens is 508 g/mol. The summed E-state index contributed by atoms with van der Waals surface area (Å²) in [6.45, 7) is 0. The molecule has 0 N–H and O–H groups in total. The van der Waals surface area contributed by atoms with E-state index in [0.29, 0.717) is 17.5 Å². The van der Waals surface area contributed by atoms with Gasteiger partial charge >= 0.3 is 0 Å². The minimum Gasteiger partial charge on any atom is -0.316 e. The summed E-state index contributed by atoms with van der Waals surface area (Å²) in [7, 11) is 0. The Morgan fingerprint density at radius 3 is 1.82 bits per heavy atom. The van der Waals surface area contributed by atoms with Crippen LogP contribution in [0.15, 0.2) is 134 Å². The van der Waals surface area contributed by atoms with Crippen LogP contribution in [0.2, 0.25) is 0 Å². The van der Waals surface area contributed by atoms with E-state index in [1.807, 2.05) is 72.0 Å². The highest BCUT2D eigenvalue weighted by atomic mass is 32.1. The van der Waals surface area contributed by atoms with Crippen LogP contribution in [0.1, 0.15) is 0 Å². The van der Waals surface area contributed by atoms with Crippen molar-refractivity contribution >= 4 is 42.4 Å². The third-order valence-electron chi connectivity index (χ3n) is 7.29. The van der Waals surface area contributed by atoms with Gasteiger partial charge in [0.15, 0.2) is 17.5 Å². The quantitative estimate of drug-likeness (QED) is 0.228. The minimum atomic E-state index is 0.651. The molecule has 8 aromatic rings. The number of rotatable bonds is 4. The lowest BCUT2D eigenvalue weighted by molar-refractivity contribution is 1.07. The van der Waals surface area contributed by atoms with Crippen LogP contribution < -0.4 is 0 Å². The molecule has 0 bridgehead atoms. The topological polar surface area (TPSA) is 43.6 Å². The molecule has 0 fully saturated rings. The van der Waals surface area contributed by atoms with Gasteiger partial charge in [-0.05, 0) is 30.3 Å². The van der Waals surface area contributed by atoms with Gasteiger partial charge in [-0.3, -0.25) is 0 Å². The molecule has 40 heavy (non-hydrogen) atoms. The number of nitrogens with zero attached hydrogens (tertiary/aromatic N) is 4. The fourth-order valence-electron chi connectivity index (χ4n) is 5.36. The molecule has 0 atom stereocenters. The molecular formula is C35H22N4S. The van der Waals surface area contributed by atoms with Gasteiger partial charge in [0.1, 0.15) is 0 Å². The standard InChI is InChI=1S/C35H22N4S/c1-3-10-23(11-4-1)33-36-34(24-12-5-2-6-13-24)38-35(37-33)25-14-9-15-26(22-25)39-21-20-29-30(39)19-18-28-27-16-7-8-17-31(27)40-32(28)29/h1-22H. The SMILES string of the molecule is c1ccc(-c2nc(-c3ccccc3)nc(-c3cccc(-n4ccc5c6sc7ccccc7c6ccc54)c3)n2)cc1. The fraction of sp³-hybridized carbons (Fsp3) is 0. The molecule has 0 aliphatic carbocycles. The number of hydrogen-bond donors (Lipinski definition) is 0. The van der Waals surface area contributed by atoms with Crippen LogP contribution in [-0.2, 0) is 0 Å². The molecule has 8 rings (SSSR count). The summed E-state index contributed by atoms with van der Waals surface area (Å²) in [5, 5.41) is 3.89. The molecule has 0 saturated heterocycles. The summed E-state index contributed by atoms with van der Waals surface area (Å²) in [5.74, 6) is 1.97. The van der Waals surface area contributed by atoms with E-state index in [1.165, 1.54) is 31.1 Å². The van der Waals surface area contributed by atoms with Crippen LogP contribution in [-0.4, -0.2) is 19.5 Å². The van der Waals surface area contributed by atoms with E-state index in [4.69, 9.17) is 15.0 Å². The van der Waals surface area contributed by atoms with Gasteiger partial charge in [-0.2, -0.15) is 0 Å². The number of fused-ring (bicyclic) bond motifs is 5. The first kappa shape index (κ1) is 22.8. The summed E-state index contributed by atoms with van der Waals surface area (Å²) in [6.07, 6.45) is 2.16. The maximum Gasteiger partial charge on any atom is 0.164 e. The van der Waals surface area contributed by atoms with Gasteiger partial charge in [0.05, 0.1) is 5.52 Å². The van der Waals surface area contributed by atoms with Gasteiger partial charge in [0.2, 0.25) is 0 Å². The average molecular weight is 531 g/mol. The number of benzene rings is 5. The smallest absolute Gasteiger partial charge is 0.164 e. The summed E-state index contributed by atoms with van der Waals surface area (Å²) in [4.78, 5) is 14.7. The Bertz CT molecular complexity index is 2100. The van der Waals surface area contributed by atoms with E-state index < -0.39 is 0 Å². The van der Waals surface area contributed by atoms with Crippen molar-refractivity contribution in [2.75, 3.05) is 0 Å². The van der Waals surface area contributed by atoms with Gasteiger partial charge in [-0.15, -0.1) is 11.3 Å². The van der Waals surface area contributed by atoms with Crippen LogP contribution in [0.5, 0.6) is 0 Å². The molecule has 5 aromatic carbocycles. The molecule has 0 amide bonds. The largest absolute Gasteiger partial charge is 0.316 e. The zero-order valence-corrected chi connectivity index (χ0v) is 22.2. The van der Waals surface area contributed by atoms with Crippen molar-refractivity contribution in [3.8, 4) is 39.9 Å². The first-order valence-corrected chi connectivity index (χ1v) is 14.0. The molecule has 3 heterocycles. The Morgan fingerprint density at radius 2 is 1.10 bits per heavy atom. The highest BCUT2D eigenvalue weighted by Gasteiger charge is 2.15. The predicted octanol–water partition coefficient (Wildman–Crippen LogP) is 9.18. The van der Waals surface area contributed by atoms with Crippen molar-refractivity contribution < 1.29 is 0 Å². The molecule has 0 aliphatic heterocycles. The van der Waals surface area contributed by atoms with Crippen molar-refractivity contribution in [2.24, 2.45) is 0 Å². The second-order valence-corrected chi connectivity index (χ2v) is 10.8. The molecule has 188 valence electrons. The Hall–Kier alpha value is -5.13. The van der Waals surface area contributed by atoms with Crippen molar-refractivity contribution in [1.82, 2.24) is 19.5 Å². The van der Waals surface area contributed by atoms with Crippen molar-refractivity contribution in [3.05, 3.63) is 134 Å². The highest BCUT2D eigenvalue weighted by Crippen LogP contribution is 2.39. The Kier molecular flexibility index (Phi) is 5.28. The van der Waals surface area contributed by atoms with Crippen LogP contribution in [0, 0.1) is 0 Å². The molecule has 0 radical (unpaired) electrons. The fourth-order valence-corrected chi connectivity index (χ4v) is 6.58. The maximum absolute atomic E-state index is 4.92. The van der Waals surface area contributed by atoms with Crippen molar-refractivity contribution in [3.63, 3.8) is 0 Å². The summed E-state index contributed by atoms with van der Waals surface area (Å²) in [5.41, 5.74) is 5.11. The van der Waals surface area contributed by atoms with Crippen LogP contribution >= 0.6 is 11.3 Å². The summed E-state index contributed by atoms with van der Waals surface area (Å²) >= 11 is 1.86. The maximum atomic E-state index is 4.92. The lowest BCUT2D eigenvalue weighted by Gasteiger charge is -2.10. The Labute approximate surface area is 234 Å². The second kappa shape index (κ2) is 9.26. The van der Waals surface area contributed by atoms with Crippen LogP contribution in [0.4, 0.5) is 0 Å². The van der Waals surface area contributed by atoms with E-state index in [-0.39, 0.29) is 0 Å². The van der Waals surface area contributed by atoms with E-state index in [9.17, 15) is 0 Å². The van der Waals surface area contributed by atoms with E-state index >= 15 is 0 Å². The van der Waals surface area contributed by atoms with Gasteiger partial charge in [0.25, 0.3) is 0 Å². The minimum absolute atomic E-state index is 0.651. The van der Waals surface area contributed by atoms with Gasteiger partial charge in [0, 0.05) is 54.1 Å². The lowest BCUT2D eigenvalue weighted by atomic mass is 10.1. The normalized spacial score (nSPS) is 11.5. The van der Waals surface area contributed by atoms with Crippen LogP contribution in [0.25, 0.3) is 70.9 Å². The van der Waals surface area contributed by atoms with Crippen molar-refractivity contribution in [2.45, 2.75) is 0 Å². The third kappa shape index (κ3) is 3.79. The Morgan fingerprint density at radius 1 is 0.475 bits per heavy atom. The molecule has 0 unspecified atom stereocenters. The molecule has 4 nitrogen and oxygen atoms in total. The average Bonchev–Trinajstić information content (AvgIpc) is 3.64. The molecule has 5 heteroatoms. The summed E-state index contributed by atoms with van der Waals surface area (Å²) in [6, 6.07) is 43.9. The van der Waals surface area contributed by atoms with Crippen molar-refractivity contribution in [1.29, 1.82) is 0 Å². The van der Waals surface area contributed by atoms with Gasteiger partial charge in [-0.1, -0.05) is 97.1 Å². The van der Waals surface area contributed by atoms with Crippen LogP contribution in [0.3, 0.4) is 0 Å². The van der Waals surface area contributed by atoms with E-state index in [2.05, 4.69) is 77.5 Å². The number of thiophene rings is 1. The monoisotopic (exact) mass is 530 g/mol. The van der Waals surface area contributed by atoms with E-state index in [0.717, 1.165) is 22.4 Å². The molecule has 3 aromatic heterocycles. The predicted molar refractivity (Wildman–Crippen MR) is 166 cm³/mol. The highest BCUT2D eigenvalue weighted by molar-refractivity contribution is 7.26.